The highest BCUT2D eigenvalue weighted by atomic mass is 16.5. The molecule has 2 aliphatic rings. The van der Waals surface area contributed by atoms with Gasteiger partial charge in [0.05, 0.1) is 18.3 Å². The van der Waals surface area contributed by atoms with Crippen molar-refractivity contribution in [2.45, 2.75) is 38.3 Å². The zero-order chi connectivity index (χ0) is 22.6. The van der Waals surface area contributed by atoms with E-state index in [9.17, 15) is 9.59 Å². The summed E-state index contributed by atoms with van der Waals surface area (Å²) in [6, 6.07) is 19.5. The molecule has 2 aliphatic heterocycles. The Morgan fingerprint density at radius 1 is 1.03 bits per heavy atom. The van der Waals surface area contributed by atoms with Crippen LogP contribution in [0.5, 0.6) is 0 Å². The van der Waals surface area contributed by atoms with Crippen LogP contribution in [0.25, 0.3) is 0 Å². The van der Waals surface area contributed by atoms with Crippen LogP contribution in [0.4, 0.5) is 5.69 Å². The zero-order valence-corrected chi connectivity index (χ0v) is 18.6. The summed E-state index contributed by atoms with van der Waals surface area (Å²) in [4.78, 5) is 29.7. The first kappa shape index (κ1) is 21.4. The summed E-state index contributed by atoms with van der Waals surface area (Å²) in [6.45, 7) is 1.79. The van der Waals surface area contributed by atoms with Gasteiger partial charge in [-0.25, -0.2) is 0 Å². The molecule has 3 heterocycles. The summed E-state index contributed by atoms with van der Waals surface area (Å²) in [5.41, 5.74) is 4.38. The number of anilines is 1. The number of benzene rings is 2. The minimum atomic E-state index is -0.119. The van der Waals surface area contributed by atoms with Gasteiger partial charge in [0.2, 0.25) is 5.91 Å². The van der Waals surface area contributed by atoms with Crippen LogP contribution in [0.1, 0.15) is 52.6 Å². The second-order valence-electron chi connectivity index (χ2n) is 8.62. The molecule has 170 valence electrons. The zero-order valence-electron chi connectivity index (χ0n) is 18.6. The number of carbonyl (C=O) groups is 2. The van der Waals surface area contributed by atoms with E-state index in [1.807, 2.05) is 59.5 Å². The first-order chi connectivity index (χ1) is 16.2. The summed E-state index contributed by atoms with van der Waals surface area (Å²) in [5.74, 6) is -0.145. The van der Waals surface area contributed by atoms with Crippen molar-refractivity contribution in [1.29, 1.82) is 0 Å². The number of aromatic amines is 1. The third-order valence-electron chi connectivity index (χ3n) is 6.47. The molecule has 0 aliphatic carbocycles. The van der Waals surface area contributed by atoms with Crippen molar-refractivity contribution in [3.63, 3.8) is 0 Å². The fraction of sp³-hybridized carbons (Fsp3) is 0.346. The lowest BCUT2D eigenvalue weighted by Crippen LogP contribution is -2.40. The molecule has 1 fully saturated rings. The molecule has 1 aromatic heterocycles. The summed E-state index contributed by atoms with van der Waals surface area (Å²) in [7, 11) is 0. The van der Waals surface area contributed by atoms with E-state index in [2.05, 4.69) is 16.3 Å². The molecule has 0 saturated carbocycles. The number of amides is 2. The second-order valence-corrected chi connectivity index (χ2v) is 8.62. The molecule has 0 bridgehead atoms. The average Bonchev–Trinajstić information content (AvgIpc) is 3.52. The minimum Gasteiger partial charge on any atom is -0.367 e. The Labute approximate surface area is 193 Å². The molecule has 7 nitrogen and oxygen atoms in total. The van der Waals surface area contributed by atoms with Gasteiger partial charge in [-0.3, -0.25) is 14.7 Å². The predicted octanol–water partition coefficient (Wildman–Crippen LogP) is 3.88. The number of hydrogen-bond acceptors (Lipinski definition) is 4. The molecule has 2 amide bonds. The largest absolute Gasteiger partial charge is 0.367 e. The lowest BCUT2D eigenvalue weighted by atomic mass is 9.99. The Hall–Kier alpha value is -3.45. The number of nitrogens with one attached hydrogen (secondary N) is 1. The van der Waals surface area contributed by atoms with Gasteiger partial charge >= 0.3 is 0 Å². The molecule has 0 radical (unpaired) electrons. The Bertz CT molecular complexity index is 1130. The van der Waals surface area contributed by atoms with Gasteiger partial charge < -0.3 is 14.5 Å². The summed E-state index contributed by atoms with van der Waals surface area (Å²) < 4.78 is 5.69. The highest BCUT2D eigenvalue weighted by Crippen LogP contribution is 2.32. The standard InChI is InChI=1S/C26H28N4O3/c31-25(18-33-17-19-8-2-1-3-9-19)29-14-7-6-12-24(29)21-16-22(28-27-21)26(32)30-15-13-20-10-4-5-11-23(20)30/h1-5,8-11,16,24H,6-7,12-15,17-18H2,(H,27,28). The maximum absolute atomic E-state index is 13.1. The maximum Gasteiger partial charge on any atom is 0.278 e. The van der Waals surface area contributed by atoms with Crippen molar-refractivity contribution < 1.29 is 14.3 Å². The predicted molar refractivity (Wildman–Crippen MR) is 125 cm³/mol. The molecule has 5 rings (SSSR count). The highest BCUT2D eigenvalue weighted by Gasteiger charge is 2.31. The van der Waals surface area contributed by atoms with Gasteiger partial charge in [-0.1, -0.05) is 48.5 Å². The second kappa shape index (κ2) is 9.58. The van der Waals surface area contributed by atoms with Gasteiger partial charge in [-0.05, 0) is 48.9 Å². The van der Waals surface area contributed by atoms with Gasteiger partial charge in [0.25, 0.3) is 5.91 Å². The number of piperidine rings is 1. The molecular formula is C26H28N4O3. The maximum atomic E-state index is 13.1. The minimum absolute atomic E-state index is 0.0356. The quantitative estimate of drug-likeness (QED) is 0.626. The number of H-pyrrole nitrogens is 1. The van der Waals surface area contributed by atoms with Crippen molar-refractivity contribution in [3.05, 3.63) is 83.2 Å². The van der Waals surface area contributed by atoms with Crippen LogP contribution < -0.4 is 4.90 Å². The van der Waals surface area contributed by atoms with Crippen LogP contribution in [0, 0.1) is 0 Å². The van der Waals surface area contributed by atoms with Gasteiger partial charge in [0, 0.05) is 18.8 Å². The van der Waals surface area contributed by atoms with E-state index in [-0.39, 0.29) is 24.5 Å². The SMILES string of the molecule is O=C(c1cc(C2CCCCN2C(=O)COCc2ccccc2)[nH]n1)N1CCc2ccccc21. The monoisotopic (exact) mass is 444 g/mol. The van der Waals surface area contributed by atoms with Gasteiger partial charge in [0.15, 0.2) is 5.69 Å². The molecule has 3 aromatic rings. The summed E-state index contributed by atoms with van der Waals surface area (Å²) in [5, 5.41) is 7.36. The molecule has 33 heavy (non-hydrogen) atoms. The molecule has 1 N–H and O–H groups in total. The van der Waals surface area contributed by atoms with Crippen molar-refractivity contribution in [2.24, 2.45) is 0 Å². The normalized spacial score (nSPS) is 17.8. The van der Waals surface area contributed by atoms with Crippen LogP contribution in [-0.2, 0) is 22.6 Å². The van der Waals surface area contributed by atoms with E-state index in [1.165, 1.54) is 5.56 Å². The number of aromatic nitrogens is 2. The van der Waals surface area contributed by atoms with Crippen molar-refractivity contribution in [1.82, 2.24) is 15.1 Å². The number of carbonyl (C=O) groups excluding carboxylic acids is 2. The van der Waals surface area contributed by atoms with Crippen LogP contribution in [0.15, 0.2) is 60.7 Å². The van der Waals surface area contributed by atoms with E-state index >= 15 is 0 Å². The summed E-state index contributed by atoms with van der Waals surface area (Å²) >= 11 is 0. The Morgan fingerprint density at radius 3 is 2.73 bits per heavy atom. The highest BCUT2D eigenvalue weighted by molar-refractivity contribution is 6.06. The molecular weight excluding hydrogens is 416 g/mol. The average molecular weight is 445 g/mol. The number of fused-ring (bicyclic) bond motifs is 1. The fourth-order valence-electron chi connectivity index (χ4n) is 4.77. The molecule has 1 saturated heterocycles. The molecule has 2 aromatic carbocycles. The summed E-state index contributed by atoms with van der Waals surface area (Å²) in [6.07, 6.45) is 3.69. The number of ether oxygens (including phenoxy) is 1. The lowest BCUT2D eigenvalue weighted by Gasteiger charge is -2.35. The first-order valence-corrected chi connectivity index (χ1v) is 11.6. The van der Waals surface area contributed by atoms with Gasteiger partial charge in [-0.15, -0.1) is 0 Å². The van der Waals surface area contributed by atoms with Crippen molar-refractivity contribution in [2.75, 3.05) is 24.6 Å². The topological polar surface area (TPSA) is 78.5 Å². The van der Waals surface area contributed by atoms with E-state index in [0.717, 1.165) is 42.6 Å². The van der Waals surface area contributed by atoms with Gasteiger partial charge in [0.1, 0.15) is 6.61 Å². The van der Waals surface area contributed by atoms with Crippen LogP contribution >= 0.6 is 0 Å². The number of hydrogen-bond donors (Lipinski definition) is 1. The van der Waals surface area contributed by atoms with E-state index < -0.39 is 0 Å². The van der Waals surface area contributed by atoms with Crippen LogP contribution in [0.3, 0.4) is 0 Å². The van der Waals surface area contributed by atoms with E-state index in [0.29, 0.717) is 25.4 Å². The number of nitrogens with zero attached hydrogens (tertiary/aromatic N) is 3. The Balaban J connectivity index is 1.25. The Morgan fingerprint density at radius 2 is 1.85 bits per heavy atom. The Kier molecular flexibility index (Phi) is 6.21. The van der Waals surface area contributed by atoms with E-state index in [4.69, 9.17) is 4.74 Å². The third-order valence-corrected chi connectivity index (χ3v) is 6.47. The van der Waals surface area contributed by atoms with Crippen LogP contribution in [0.2, 0.25) is 0 Å². The molecule has 1 unspecified atom stereocenters. The lowest BCUT2D eigenvalue weighted by molar-refractivity contribution is -0.140. The molecule has 7 heteroatoms. The van der Waals surface area contributed by atoms with Crippen LogP contribution in [-0.4, -0.2) is 46.6 Å². The third kappa shape index (κ3) is 4.54. The first-order valence-electron chi connectivity index (χ1n) is 11.6. The number of likely N-dealkylation sites (tertiary alicyclic amines) is 1. The fourth-order valence-corrected chi connectivity index (χ4v) is 4.77. The molecule has 0 spiro atoms. The number of para-hydroxylation sites is 1. The number of rotatable bonds is 6. The molecule has 1 atom stereocenters. The van der Waals surface area contributed by atoms with E-state index in [1.54, 1.807) is 4.90 Å². The van der Waals surface area contributed by atoms with Crippen molar-refractivity contribution in [3.8, 4) is 0 Å². The van der Waals surface area contributed by atoms with Crippen molar-refractivity contribution >= 4 is 17.5 Å². The van der Waals surface area contributed by atoms with Gasteiger partial charge in [-0.2, -0.15) is 5.10 Å². The smallest absolute Gasteiger partial charge is 0.278 e.